The SMILES string of the molecule is FC1(c2cccc(OCc3ccccc3)c2)CCN(CCC(c2ccccc2)c2ccccc2)CC1. The third kappa shape index (κ3) is 6.03. The topological polar surface area (TPSA) is 12.5 Å². The van der Waals surface area contributed by atoms with Crippen molar-refractivity contribution in [2.45, 2.75) is 37.5 Å². The van der Waals surface area contributed by atoms with Crippen molar-refractivity contribution < 1.29 is 9.13 Å². The van der Waals surface area contributed by atoms with Crippen molar-refractivity contribution in [3.8, 4) is 5.75 Å². The van der Waals surface area contributed by atoms with Gasteiger partial charge in [0.05, 0.1) is 0 Å². The van der Waals surface area contributed by atoms with Crippen LogP contribution in [0.25, 0.3) is 0 Å². The zero-order valence-electron chi connectivity index (χ0n) is 20.7. The molecule has 4 aromatic carbocycles. The third-order valence-electron chi connectivity index (χ3n) is 7.39. The lowest BCUT2D eigenvalue weighted by molar-refractivity contribution is 0.0548. The second-order valence-electron chi connectivity index (χ2n) is 9.77. The number of alkyl halides is 1. The molecule has 1 aliphatic heterocycles. The minimum Gasteiger partial charge on any atom is -0.489 e. The highest BCUT2D eigenvalue weighted by molar-refractivity contribution is 5.34. The molecule has 0 radical (unpaired) electrons. The fraction of sp³-hybridized carbons (Fsp3) is 0.273. The summed E-state index contributed by atoms with van der Waals surface area (Å²) in [5.41, 5.74) is 3.22. The molecule has 0 N–H and O–H groups in total. The first kappa shape index (κ1) is 24.3. The van der Waals surface area contributed by atoms with E-state index in [1.807, 2.05) is 54.6 Å². The molecule has 5 rings (SSSR count). The molecule has 2 nitrogen and oxygen atoms in total. The molecule has 1 fully saturated rings. The minimum absolute atomic E-state index is 0.350. The van der Waals surface area contributed by atoms with E-state index in [9.17, 15) is 0 Å². The molecule has 0 saturated carbocycles. The van der Waals surface area contributed by atoms with Crippen LogP contribution in [0.2, 0.25) is 0 Å². The molecule has 3 heteroatoms. The van der Waals surface area contributed by atoms with E-state index in [4.69, 9.17) is 4.74 Å². The van der Waals surface area contributed by atoms with E-state index in [0.717, 1.165) is 42.9 Å². The summed E-state index contributed by atoms with van der Waals surface area (Å²) in [5, 5.41) is 0. The number of likely N-dealkylation sites (tertiary alicyclic amines) is 1. The number of halogens is 1. The van der Waals surface area contributed by atoms with E-state index < -0.39 is 5.67 Å². The molecular weight excluding hydrogens is 445 g/mol. The van der Waals surface area contributed by atoms with Gasteiger partial charge in [-0.2, -0.15) is 0 Å². The number of hydrogen-bond acceptors (Lipinski definition) is 2. The molecular formula is C33H34FNO. The molecule has 1 aliphatic rings. The van der Waals surface area contributed by atoms with Crippen molar-refractivity contribution in [2.24, 2.45) is 0 Å². The van der Waals surface area contributed by atoms with Crippen molar-refractivity contribution in [3.05, 3.63) is 138 Å². The lowest BCUT2D eigenvalue weighted by Crippen LogP contribution is -2.41. The first-order valence-electron chi connectivity index (χ1n) is 13.0. The average molecular weight is 480 g/mol. The Bertz CT molecular complexity index is 1160. The van der Waals surface area contributed by atoms with Gasteiger partial charge in [0, 0.05) is 19.0 Å². The van der Waals surface area contributed by atoms with E-state index in [1.165, 1.54) is 11.1 Å². The van der Waals surface area contributed by atoms with Crippen LogP contribution < -0.4 is 4.74 Å². The first-order valence-corrected chi connectivity index (χ1v) is 13.0. The highest BCUT2D eigenvalue weighted by Gasteiger charge is 2.36. The van der Waals surface area contributed by atoms with Crippen molar-refractivity contribution in [2.75, 3.05) is 19.6 Å². The fourth-order valence-electron chi connectivity index (χ4n) is 5.23. The van der Waals surface area contributed by atoms with Crippen molar-refractivity contribution >= 4 is 0 Å². The fourth-order valence-corrected chi connectivity index (χ4v) is 5.23. The number of nitrogens with zero attached hydrogens (tertiary/aromatic N) is 1. The zero-order valence-corrected chi connectivity index (χ0v) is 20.7. The van der Waals surface area contributed by atoms with Gasteiger partial charge in [0.15, 0.2) is 0 Å². The molecule has 0 aromatic heterocycles. The van der Waals surface area contributed by atoms with E-state index in [1.54, 1.807) is 0 Å². The first-order chi connectivity index (χ1) is 17.7. The summed E-state index contributed by atoms with van der Waals surface area (Å²) in [6, 6.07) is 39.1. The number of ether oxygens (including phenoxy) is 1. The third-order valence-corrected chi connectivity index (χ3v) is 7.39. The molecule has 0 amide bonds. The molecule has 0 aliphatic carbocycles. The van der Waals surface area contributed by atoms with Crippen LogP contribution in [0, 0.1) is 0 Å². The molecule has 0 bridgehead atoms. The smallest absolute Gasteiger partial charge is 0.138 e. The van der Waals surface area contributed by atoms with Gasteiger partial charge in [0.2, 0.25) is 0 Å². The van der Waals surface area contributed by atoms with Gasteiger partial charge in [0.25, 0.3) is 0 Å². The van der Waals surface area contributed by atoms with Crippen LogP contribution >= 0.6 is 0 Å². The zero-order chi connectivity index (χ0) is 24.6. The van der Waals surface area contributed by atoms with Gasteiger partial charge in [-0.25, -0.2) is 4.39 Å². The Labute approximate surface area is 214 Å². The van der Waals surface area contributed by atoms with Crippen LogP contribution in [0.15, 0.2) is 115 Å². The van der Waals surface area contributed by atoms with E-state index in [-0.39, 0.29) is 0 Å². The standard InChI is InChI=1S/C33H34FNO/c34-33(30-17-10-18-31(25-30)36-26-27-11-4-1-5-12-27)20-23-35(24-21-33)22-19-32(28-13-6-2-7-14-28)29-15-8-3-9-16-29/h1-18,25,32H,19-24,26H2. The van der Waals surface area contributed by atoms with Gasteiger partial charge >= 0.3 is 0 Å². The predicted molar refractivity (Wildman–Crippen MR) is 145 cm³/mol. The van der Waals surface area contributed by atoms with E-state index in [2.05, 4.69) is 65.6 Å². The van der Waals surface area contributed by atoms with E-state index >= 15 is 4.39 Å². The summed E-state index contributed by atoms with van der Waals surface area (Å²) in [4.78, 5) is 2.42. The van der Waals surface area contributed by atoms with Gasteiger partial charge in [-0.05, 0) is 60.2 Å². The molecule has 36 heavy (non-hydrogen) atoms. The molecule has 1 heterocycles. The highest BCUT2D eigenvalue weighted by Crippen LogP contribution is 2.39. The maximum absolute atomic E-state index is 16.1. The summed E-state index contributed by atoms with van der Waals surface area (Å²) < 4.78 is 22.0. The Hall–Kier alpha value is -3.43. The molecule has 184 valence electrons. The van der Waals surface area contributed by atoms with Gasteiger partial charge in [-0.15, -0.1) is 0 Å². The van der Waals surface area contributed by atoms with Crippen LogP contribution in [-0.2, 0) is 12.3 Å². The van der Waals surface area contributed by atoms with Crippen molar-refractivity contribution in [3.63, 3.8) is 0 Å². The predicted octanol–water partition coefficient (Wildman–Crippen LogP) is 7.75. The molecule has 0 unspecified atom stereocenters. The minimum atomic E-state index is -1.30. The maximum atomic E-state index is 16.1. The number of hydrogen-bond donors (Lipinski definition) is 0. The summed E-state index contributed by atoms with van der Waals surface area (Å²) in [6.45, 7) is 2.98. The van der Waals surface area contributed by atoms with Crippen molar-refractivity contribution in [1.29, 1.82) is 0 Å². The Morgan fingerprint density at radius 1 is 0.722 bits per heavy atom. The van der Waals surface area contributed by atoms with Gasteiger partial charge in [-0.1, -0.05) is 103 Å². The lowest BCUT2D eigenvalue weighted by atomic mass is 9.85. The second kappa shape index (κ2) is 11.5. The van der Waals surface area contributed by atoms with Crippen LogP contribution in [0.1, 0.15) is 47.4 Å². The van der Waals surface area contributed by atoms with Crippen LogP contribution in [0.3, 0.4) is 0 Å². The van der Waals surface area contributed by atoms with Crippen LogP contribution in [0.5, 0.6) is 5.75 Å². The lowest BCUT2D eigenvalue weighted by Gasteiger charge is -2.37. The number of rotatable bonds is 9. The molecule has 0 spiro atoms. The van der Waals surface area contributed by atoms with Crippen LogP contribution in [0.4, 0.5) is 4.39 Å². The van der Waals surface area contributed by atoms with Crippen LogP contribution in [-0.4, -0.2) is 24.5 Å². The molecule has 4 aromatic rings. The summed E-state index contributed by atoms with van der Waals surface area (Å²) >= 11 is 0. The monoisotopic (exact) mass is 479 g/mol. The largest absolute Gasteiger partial charge is 0.489 e. The van der Waals surface area contributed by atoms with Gasteiger partial charge in [-0.3, -0.25) is 0 Å². The second-order valence-corrected chi connectivity index (χ2v) is 9.77. The number of benzene rings is 4. The van der Waals surface area contributed by atoms with Crippen molar-refractivity contribution in [1.82, 2.24) is 4.90 Å². The normalized spacial score (nSPS) is 15.6. The maximum Gasteiger partial charge on any atom is 0.138 e. The Morgan fingerprint density at radius 3 is 1.92 bits per heavy atom. The van der Waals surface area contributed by atoms with Gasteiger partial charge < -0.3 is 9.64 Å². The highest BCUT2D eigenvalue weighted by atomic mass is 19.1. The summed E-state index contributed by atoms with van der Waals surface area (Å²) in [6.07, 6.45) is 2.04. The Balaban J connectivity index is 1.19. The van der Waals surface area contributed by atoms with Gasteiger partial charge in [0.1, 0.15) is 18.0 Å². The number of piperidine rings is 1. The average Bonchev–Trinajstić information content (AvgIpc) is 2.95. The Morgan fingerprint density at radius 2 is 1.31 bits per heavy atom. The summed E-state index contributed by atoms with van der Waals surface area (Å²) in [5.74, 6) is 1.08. The summed E-state index contributed by atoms with van der Waals surface area (Å²) in [7, 11) is 0. The quantitative estimate of drug-likeness (QED) is 0.243. The molecule has 0 atom stereocenters. The molecule has 1 saturated heterocycles. The van der Waals surface area contributed by atoms with E-state index in [0.29, 0.717) is 25.4 Å². The Kier molecular flexibility index (Phi) is 7.78.